The van der Waals surface area contributed by atoms with Gasteiger partial charge in [-0.2, -0.15) is 0 Å². The molecule has 2 fully saturated rings. The Balaban J connectivity index is 2.11. The zero-order valence-electron chi connectivity index (χ0n) is 11.2. The molecule has 0 bridgehead atoms. The molecule has 1 heterocycles. The standard InChI is InChI=1S/C13H22N2O3/c1-4-5-8(14)11(16)15-6-7-9(13(7,2)3)10(15)12(17)18/h7-10H,4-6,14H2,1-3H3,(H,17,18)/t7-,8-,9-,10-/m0/s1. The van der Waals surface area contributed by atoms with Crippen LogP contribution in [0.3, 0.4) is 0 Å². The lowest BCUT2D eigenvalue weighted by molar-refractivity contribution is -0.150. The van der Waals surface area contributed by atoms with Gasteiger partial charge in [0.25, 0.3) is 0 Å². The third kappa shape index (κ3) is 1.81. The zero-order chi connectivity index (χ0) is 13.7. The number of carbonyl (C=O) groups excluding carboxylic acids is 1. The lowest BCUT2D eigenvalue weighted by atomic mass is 10.00. The van der Waals surface area contributed by atoms with E-state index in [4.69, 9.17) is 5.73 Å². The van der Waals surface area contributed by atoms with E-state index in [9.17, 15) is 14.7 Å². The fraction of sp³-hybridized carbons (Fsp3) is 0.846. The van der Waals surface area contributed by atoms with E-state index in [-0.39, 0.29) is 17.2 Å². The molecule has 0 aromatic carbocycles. The molecular weight excluding hydrogens is 232 g/mol. The number of piperidine rings is 1. The number of likely N-dealkylation sites (tertiary alicyclic amines) is 1. The molecule has 3 N–H and O–H groups in total. The predicted octanol–water partition coefficient (Wildman–Crippen LogP) is 0.681. The molecule has 0 aromatic rings. The maximum absolute atomic E-state index is 12.2. The van der Waals surface area contributed by atoms with Crippen molar-refractivity contribution in [2.24, 2.45) is 23.0 Å². The average molecular weight is 254 g/mol. The quantitative estimate of drug-likeness (QED) is 0.772. The lowest BCUT2D eigenvalue weighted by Crippen LogP contribution is -2.51. The minimum absolute atomic E-state index is 0.0503. The summed E-state index contributed by atoms with van der Waals surface area (Å²) >= 11 is 0. The number of hydrogen-bond acceptors (Lipinski definition) is 3. The second-order valence-corrected chi connectivity index (χ2v) is 6.12. The summed E-state index contributed by atoms with van der Waals surface area (Å²) in [5, 5.41) is 9.34. The van der Waals surface area contributed by atoms with Crippen LogP contribution in [0.15, 0.2) is 0 Å². The van der Waals surface area contributed by atoms with Crippen LogP contribution in [0, 0.1) is 17.3 Å². The van der Waals surface area contributed by atoms with Gasteiger partial charge in [0.15, 0.2) is 0 Å². The van der Waals surface area contributed by atoms with E-state index in [1.165, 1.54) is 4.90 Å². The maximum Gasteiger partial charge on any atom is 0.326 e. The summed E-state index contributed by atoms with van der Waals surface area (Å²) in [4.78, 5) is 25.0. The van der Waals surface area contributed by atoms with Crippen molar-refractivity contribution in [3.63, 3.8) is 0 Å². The van der Waals surface area contributed by atoms with Gasteiger partial charge in [-0.05, 0) is 17.8 Å². The third-order valence-corrected chi connectivity index (χ3v) is 4.66. The number of rotatable bonds is 4. The number of nitrogens with zero attached hydrogens (tertiary/aromatic N) is 1. The smallest absolute Gasteiger partial charge is 0.326 e. The van der Waals surface area contributed by atoms with Crippen LogP contribution >= 0.6 is 0 Å². The van der Waals surface area contributed by atoms with E-state index in [1.807, 2.05) is 6.92 Å². The van der Waals surface area contributed by atoms with Crippen LogP contribution in [0.1, 0.15) is 33.6 Å². The van der Waals surface area contributed by atoms with E-state index in [0.29, 0.717) is 18.9 Å². The van der Waals surface area contributed by atoms with Crippen LogP contribution in [0.2, 0.25) is 0 Å². The van der Waals surface area contributed by atoms with E-state index in [1.54, 1.807) is 0 Å². The van der Waals surface area contributed by atoms with Crippen molar-refractivity contribution in [1.82, 2.24) is 4.90 Å². The monoisotopic (exact) mass is 254 g/mol. The molecular formula is C13H22N2O3. The Hall–Kier alpha value is -1.10. The van der Waals surface area contributed by atoms with E-state index in [0.717, 1.165) is 6.42 Å². The van der Waals surface area contributed by atoms with Gasteiger partial charge >= 0.3 is 5.97 Å². The Kier molecular flexibility index (Phi) is 3.13. The summed E-state index contributed by atoms with van der Waals surface area (Å²) in [7, 11) is 0. The molecule has 4 atom stereocenters. The Morgan fingerprint density at radius 1 is 1.50 bits per heavy atom. The Morgan fingerprint density at radius 3 is 2.61 bits per heavy atom. The molecule has 2 aliphatic rings. The fourth-order valence-electron chi connectivity index (χ4n) is 3.44. The van der Waals surface area contributed by atoms with Crippen molar-refractivity contribution in [3.8, 4) is 0 Å². The van der Waals surface area contributed by atoms with Crippen LogP contribution < -0.4 is 5.73 Å². The Morgan fingerprint density at radius 2 is 2.11 bits per heavy atom. The van der Waals surface area contributed by atoms with Gasteiger partial charge in [-0.3, -0.25) is 4.79 Å². The summed E-state index contributed by atoms with van der Waals surface area (Å²) in [6, 6.07) is -1.24. The Bertz CT molecular complexity index is 380. The van der Waals surface area contributed by atoms with Gasteiger partial charge in [0.1, 0.15) is 6.04 Å². The SMILES string of the molecule is CCC[C@H](N)C(=O)N1C[C@H]2[C@@H]([C@H]1C(=O)O)C2(C)C. The van der Waals surface area contributed by atoms with Gasteiger partial charge < -0.3 is 15.7 Å². The van der Waals surface area contributed by atoms with Gasteiger partial charge in [0, 0.05) is 12.5 Å². The van der Waals surface area contributed by atoms with Gasteiger partial charge in [-0.1, -0.05) is 27.2 Å². The molecule has 2 rings (SSSR count). The van der Waals surface area contributed by atoms with Crippen molar-refractivity contribution >= 4 is 11.9 Å². The number of carboxylic acid groups (broad SMARTS) is 1. The minimum Gasteiger partial charge on any atom is -0.480 e. The number of aliphatic carboxylic acids is 1. The first-order chi connectivity index (χ1) is 8.32. The number of carbonyl (C=O) groups is 2. The van der Waals surface area contributed by atoms with E-state index < -0.39 is 18.1 Å². The maximum atomic E-state index is 12.2. The fourth-order valence-corrected chi connectivity index (χ4v) is 3.44. The first kappa shape index (κ1) is 13.3. The van der Waals surface area contributed by atoms with Crippen molar-refractivity contribution in [3.05, 3.63) is 0 Å². The normalized spacial score (nSPS) is 34.0. The average Bonchev–Trinajstić information content (AvgIpc) is 2.68. The summed E-state index contributed by atoms with van der Waals surface area (Å²) in [6.07, 6.45) is 1.44. The van der Waals surface area contributed by atoms with Gasteiger partial charge in [0.05, 0.1) is 6.04 Å². The highest BCUT2D eigenvalue weighted by Crippen LogP contribution is 2.64. The van der Waals surface area contributed by atoms with Gasteiger partial charge in [0.2, 0.25) is 5.91 Å². The molecule has 0 unspecified atom stereocenters. The van der Waals surface area contributed by atoms with Crippen LogP contribution in [-0.2, 0) is 9.59 Å². The molecule has 0 spiro atoms. The molecule has 5 nitrogen and oxygen atoms in total. The van der Waals surface area contributed by atoms with Crippen LogP contribution in [0.5, 0.6) is 0 Å². The van der Waals surface area contributed by atoms with Crippen LogP contribution in [0.4, 0.5) is 0 Å². The van der Waals surface area contributed by atoms with E-state index >= 15 is 0 Å². The molecule has 1 aliphatic carbocycles. The van der Waals surface area contributed by atoms with Crippen molar-refractivity contribution in [1.29, 1.82) is 0 Å². The molecule has 0 radical (unpaired) electrons. The van der Waals surface area contributed by atoms with Crippen molar-refractivity contribution < 1.29 is 14.7 Å². The molecule has 18 heavy (non-hydrogen) atoms. The summed E-state index contributed by atoms with van der Waals surface area (Å²) in [5.41, 5.74) is 5.86. The number of carboxylic acids is 1. The summed E-state index contributed by atoms with van der Waals surface area (Å²) in [6.45, 7) is 6.66. The highest BCUT2D eigenvalue weighted by atomic mass is 16.4. The first-order valence-corrected chi connectivity index (χ1v) is 6.61. The molecule has 1 amide bonds. The molecule has 102 valence electrons. The zero-order valence-corrected chi connectivity index (χ0v) is 11.2. The number of amides is 1. The molecule has 5 heteroatoms. The van der Waals surface area contributed by atoms with E-state index in [2.05, 4.69) is 13.8 Å². The molecule has 1 saturated heterocycles. The number of fused-ring (bicyclic) bond motifs is 1. The van der Waals surface area contributed by atoms with Gasteiger partial charge in [-0.15, -0.1) is 0 Å². The summed E-state index contributed by atoms with van der Waals surface area (Å²) in [5.74, 6) is -0.693. The third-order valence-electron chi connectivity index (χ3n) is 4.66. The molecule has 1 aliphatic heterocycles. The predicted molar refractivity (Wildman–Crippen MR) is 66.8 cm³/mol. The lowest BCUT2D eigenvalue weighted by Gasteiger charge is -2.30. The number of hydrogen-bond donors (Lipinski definition) is 2. The van der Waals surface area contributed by atoms with Crippen molar-refractivity contribution in [2.75, 3.05) is 6.54 Å². The Labute approximate surface area is 107 Å². The highest BCUT2D eigenvalue weighted by molar-refractivity contribution is 5.88. The van der Waals surface area contributed by atoms with Crippen LogP contribution in [-0.4, -0.2) is 40.5 Å². The second kappa shape index (κ2) is 4.23. The topological polar surface area (TPSA) is 83.6 Å². The number of nitrogens with two attached hydrogens (primary N) is 1. The highest BCUT2D eigenvalue weighted by Gasteiger charge is 2.69. The minimum atomic E-state index is -0.898. The van der Waals surface area contributed by atoms with Gasteiger partial charge in [-0.25, -0.2) is 4.79 Å². The molecule has 1 saturated carbocycles. The summed E-state index contributed by atoms with van der Waals surface area (Å²) < 4.78 is 0. The van der Waals surface area contributed by atoms with Crippen LogP contribution in [0.25, 0.3) is 0 Å². The second-order valence-electron chi connectivity index (χ2n) is 6.12. The largest absolute Gasteiger partial charge is 0.480 e. The van der Waals surface area contributed by atoms with Crippen molar-refractivity contribution in [2.45, 2.75) is 45.7 Å². The molecule has 0 aromatic heterocycles. The first-order valence-electron chi connectivity index (χ1n) is 6.61.